The predicted molar refractivity (Wildman–Crippen MR) is 125 cm³/mol. The zero-order valence-corrected chi connectivity index (χ0v) is 19.3. The zero-order valence-electron chi connectivity index (χ0n) is 19.3. The van der Waals surface area contributed by atoms with E-state index in [9.17, 15) is 4.79 Å². The second-order valence-corrected chi connectivity index (χ2v) is 7.64. The Kier molecular flexibility index (Phi) is 5.33. The van der Waals surface area contributed by atoms with Crippen molar-refractivity contribution in [3.63, 3.8) is 0 Å². The number of benzene rings is 2. The number of furan rings is 1. The SMILES string of the molecule is COc1ccc(C2C=C(c3c(C)oc4c(OC)c5occc5c(OC)c4c3=O)ON2)cc1OC. The number of fused-ring (bicyclic) bond motifs is 2. The monoisotopic (exact) mass is 465 g/mol. The minimum atomic E-state index is -0.322. The summed E-state index contributed by atoms with van der Waals surface area (Å²) in [5.74, 6) is 2.59. The molecule has 2 aromatic heterocycles. The Labute approximate surface area is 194 Å². The molecule has 1 atom stereocenters. The lowest BCUT2D eigenvalue weighted by Crippen LogP contribution is -2.15. The van der Waals surface area contributed by atoms with Gasteiger partial charge in [-0.25, -0.2) is 0 Å². The van der Waals surface area contributed by atoms with Gasteiger partial charge in [-0.1, -0.05) is 6.07 Å². The minimum Gasteiger partial charge on any atom is -0.495 e. The highest BCUT2D eigenvalue weighted by atomic mass is 16.7. The Morgan fingerprint density at radius 2 is 1.68 bits per heavy atom. The Balaban J connectivity index is 1.68. The van der Waals surface area contributed by atoms with E-state index in [0.29, 0.717) is 45.5 Å². The van der Waals surface area contributed by atoms with Crippen molar-refractivity contribution in [1.82, 2.24) is 5.48 Å². The van der Waals surface area contributed by atoms with Crippen LogP contribution in [0.4, 0.5) is 0 Å². The average molecular weight is 465 g/mol. The second kappa shape index (κ2) is 8.35. The third kappa shape index (κ3) is 3.16. The molecule has 0 spiro atoms. The number of hydrogen-bond donors (Lipinski definition) is 1. The van der Waals surface area contributed by atoms with Crippen LogP contribution in [0.1, 0.15) is 22.9 Å². The summed E-state index contributed by atoms with van der Waals surface area (Å²) in [6.07, 6.45) is 3.32. The molecule has 4 aromatic rings. The highest BCUT2D eigenvalue weighted by Crippen LogP contribution is 2.43. The van der Waals surface area contributed by atoms with Crippen molar-refractivity contribution in [2.75, 3.05) is 28.4 Å². The Morgan fingerprint density at radius 3 is 2.38 bits per heavy atom. The van der Waals surface area contributed by atoms with Crippen LogP contribution in [0.15, 0.2) is 50.2 Å². The van der Waals surface area contributed by atoms with Crippen molar-refractivity contribution in [3.05, 3.63) is 63.7 Å². The van der Waals surface area contributed by atoms with Crippen LogP contribution in [0.3, 0.4) is 0 Å². The summed E-state index contributed by atoms with van der Waals surface area (Å²) < 4.78 is 33.5. The number of ether oxygens (including phenoxy) is 4. The fourth-order valence-electron chi connectivity index (χ4n) is 4.29. The van der Waals surface area contributed by atoms with Crippen molar-refractivity contribution in [3.8, 4) is 23.0 Å². The van der Waals surface area contributed by atoms with Gasteiger partial charge in [-0.3, -0.25) is 4.79 Å². The number of nitrogens with one attached hydrogen (secondary N) is 1. The van der Waals surface area contributed by atoms with Crippen molar-refractivity contribution in [1.29, 1.82) is 0 Å². The highest BCUT2D eigenvalue weighted by Gasteiger charge is 2.29. The Bertz CT molecular complexity index is 1500. The van der Waals surface area contributed by atoms with E-state index in [2.05, 4.69) is 5.48 Å². The molecule has 1 N–H and O–H groups in total. The van der Waals surface area contributed by atoms with E-state index >= 15 is 0 Å². The van der Waals surface area contributed by atoms with Gasteiger partial charge in [0.15, 0.2) is 28.4 Å². The van der Waals surface area contributed by atoms with E-state index in [1.807, 2.05) is 24.3 Å². The van der Waals surface area contributed by atoms with Crippen LogP contribution in [0, 0.1) is 6.92 Å². The molecular formula is C25H23NO8. The summed E-state index contributed by atoms with van der Waals surface area (Å²) in [6.45, 7) is 1.70. The molecule has 0 saturated carbocycles. The highest BCUT2D eigenvalue weighted by molar-refractivity contribution is 6.07. The van der Waals surface area contributed by atoms with Gasteiger partial charge in [-0.15, -0.1) is 5.48 Å². The van der Waals surface area contributed by atoms with Crippen molar-refractivity contribution in [2.24, 2.45) is 0 Å². The lowest BCUT2D eigenvalue weighted by Gasteiger charge is -2.13. The molecule has 0 fully saturated rings. The summed E-state index contributed by atoms with van der Waals surface area (Å²) in [5, 5.41) is 0.851. The minimum absolute atomic E-state index is 0.243. The van der Waals surface area contributed by atoms with Crippen LogP contribution >= 0.6 is 0 Å². The van der Waals surface area contributed by atoms with Crippen LogP contribution in [0.2, 0.25) is 0 Å². The first-order valence-corrected chi connectivity index (χ1v) is 10.5. The number of hydroxylamine groups is 1. The second-order valence-electron chi connectivity index (χ2n) is 7.64. The van der Waals surface area contributed by atoms with Gasteiger partial charge < -0.3 is 32.6 Å². The van der Waals surface area contributed by atoms with Crippen molar-refractivity contribution < 1.29 is 32.6 Å². The number of aryl methyl sites for hydroxylation is 1. The van der Waals surface area contributed by atoms with E-state index in [-0.39, 0.29) is 28.0 Å². The first-order valence-electron chi connectivity index (χ1n) is 10.5. The van der Waals surface area contributed by atoms with E-state index in [1.165, 1.54) is 20.5 Å². The number of hydrogen-bond acceptors (Lipinski definition) is 9. The normalized spacial score (nSPS) is 15.3. The molecule has 34 heavy (non-hydrogen) atoms. The largest absolute Gasteiger partial charge is 0.495 e. The van der Waals surface area contributed by atoms with Crippen LogP contribution in [-0.2, 0) is 4.84 Å². The van der Waals surface area contributed by atoms with Crippen LogP contribution in [0.25, 0.3) is 27.7 Å². The summed E-state index contributed by atoms with van der Waals surface area (Å²) in [6, 6.07) is 6.94. The van der Waals surface area contributed by atoms with Gasteiger partial charge in [0, 0.05) is 0 Å². The molecule has 2 aromatic carbocycles. The molecule has 5 rings (SSSR count). The lowest BCUT2D eigenvalue weighted by atomic mass is 10.0. The maximum atomic E-state index is 13.8. The molecule has 0 bridgehead atoms. The average Bonchev–Trinajstić information content (AvgIpc) is 3.52. The summed E-state index contributed by atoms with van der Waals surface area (Å²) in [5.41, 5.74) is 4.48. The molecule has 0 saturated heterocycles. The number of methoxy groups -OCH3 is 4. The quantitative estimate of drug-likeness (QED) is 0.441. The molecule has 1 aliphatic rings. The van der Waals surface area contributed by atoms with Crippen LogP contribution in [0.5, 0.6) is 23.0 Å². The van der Waals surface area contributed by atoms with E-state index in [0.717, 1.165) is 5.56 Å². The lowest BCUT2D eigenvalue weighted by molar-refractivity contribution is 0.161. The fourth-order valence-corrected chi connectivity index (χ4v) is 4.29. The van der Waals surface area contributed by atoms with E-state index < -0.39 is 0 Å². The smallest absolute Gasteiger partial charge is 0.207 e. The summed E-state index contributed by atoms with van der Waals surface area (Å²) >= 11 is 0. The van der Waals surface area contributed by atoms with Crippen molar-refractivity contribution >= 4 is 27.7 Å². The van der Waals surface area contributed by atoms with E-state index in [1.54, 1.807) is 27.2 Å². The van der Waals surface area contributed by atoms with Crippen LogP contribution in [-0.4, -0.2) is 28.4 Å². The molecule has 0 radical (unpaired) electrons. The standard InChI is InChI=1S/C25H23NO8/c1-12-19(18-11-15(26-34-18)13-6-7-16(28-2)17(10-13)29-3)21(27)20-22(30-4)14-8-9-32-23(14)25(31-5)24(20)33-12/h6-11,15,26H,1-5H3. The molecule has 176 valence electrons. The molecule has 0 amide bonds. The Morgan fingerprint density at radius 1 is 0.912 bits per heavy atom. The van der Waals surface area contributed by atoms with Gasteiger partial charge >= 0.3 is 0 Å². The predicted octanol–water partition coefficient (Wildman–Crippen LogP) is 4.50. The summed E-state index contributed by atoms with van der Waals surface area (Å²) in [4.78, 5) is 19.5. The fraction of sp³-hybridized carbons (Fsp3) is 0.240. The third-order valence-corrected chi connectivity index (χ3v) is 5.87. The van der Waals surface area contributed by atoms with Gasteiger partial charge in [0.1, 0.15) is 22.5 Å². The molecular weight excluding hydrogens is 442 g/mol. The molecule has 0 aliphatic carbocycles. The number of rotatable bonds is 6. The maximum Gasteiger partial charge on any atom is 0.207 e. The van der Waals surface area contributed by atoms with Gasteiger partial charge in [-0.2, -0.15) is 0 Å². The van der Waals surface area contributed by atoms with Crippen LogP contribution < -0.4 is 29.9 Å². The first kappa shape index (κ1) is 21.7. The van der Waals surface area contributed by atoms with Crippen molar-refractivity contribution in [2.45, 2.75) is 13.0 Å². The van der Waals surface area contributed by atoms with Gasteiger partial charge in [0.25, 0.3) is 0 Å². The zero-order chi connectivity index (χ0) is 24.0. The van der Waals surface area contributed by atoms with Gasteiger partial charge in [0.2, 0.25) is 11.2 Å². The third-order valence-electron chi connectivity index (χ3n) is 5.87. The Hall–Kier alpha value is -4.11. The molecule has 9 nitrogen and oxygen atoms in total. The molecule has 3 heterocycles. The molecule has 1 aliphatic heterocycles. The van der Waals surface area contributed by atoms with Gasteiger partial charge in [0.05, 0.1) is 46.1 Å². The molecule has 9 heteroatoms. The van der Waals surface area contributed by atoms with Gasteiger partial charge in [-0.05, 0) is 36.8 Å². The topological polar surface area (TPSA) is 102 Å². The summed E-state index contributed by atoms with van der Waals surface area (Å²) in [7, 11) is 6.14. The maximum absolute atomic E-state index is 13.8. The molecule has 1 unspecified atom stereocenters. The first-order chi connectivity index (χ1) is 16.5. The van der Waals surface area contributed by atoms with E-state index in [4.69, 9.17) is 32.6 Å².